The largest absolute Gasteiger partial charge is 0.275 e. The SMILES string of the molecule is Cc1ccc([B]Cl)cc1. The third-order valence-corrected chi connectivity index (χ3v) is 1.46. The van der Waals surface area contributed by atoms with Gasteiger partial charge in [-0.2, -0.15) is 11.5 Å². The smallest absolute Gasteiger partial charge is 0.197 e. The molecule has 0 heterocycles. The summed E-state index contributed by atoms with van der Waals surface area (Å²) >= 11 is 5.45. The summed E-state index contributed by atoms with van der Waals surface area (Å²) in [5.74, 6) is 0. The second-order valence-corrected chi connectivity index (χ2v) is 2.24. The molecule has 0 nitrogen and oxygen atoms in total. The lowest BCUT2D eigenvalue weighted by atomic mass is 9.94. The van der Waals surface area contributed by atoms with Crippen molar-refractivity contribution >= 4 is 23.6 Å². The first kappa shape index (κ1) is 6.69. The lowest BCUT2D eigenvalue weighted by Crippen LogP contribution is -2.06. The average molecular weight is 137 g/mol. The molecule has 0 saturated carbocycles. The molecule has 9 heavy (non-hydrogen) atoms. The van der Waals surface area contributed by atoms with Crippen LogP contribution in [0, 0.1) is 6.92 Å². The van der Waals surface area contributed by atoms with Crippen LogP contribution in [0.2, 0.25) is 0 Å². The summed E-state index contributed by atoms with van der Waals surface area (Å²) in [4.78, 5) is 0. The van der Waals surface area contributed by atoms with E-state index in [1.54, 1.807) is 6.69 Å². The van der Waals surface area contributed by atoms with Crippen molar-refractivity contribution in [2.45, 2.75) is 6.92 Å². The summed E-state index contributed by atoms with van der Waals surface area (Å²) in [5.41, 5.74) is 2.32. The Hall–Kier alpha value is -0.425. The molecule has 1 aromatic carbocycles. The van der Waals surface area contributed by atoms with Gasteiger partial charge in [-0.15, -0.1) is 0 Å². The molecule has 0 unspecified atom stereocenters. The normalized spacial score (nSPS) is 9.11. The Labute approximate surface area is 61.0 Å². The fourth-order valence-corrected chi connectivity index (χ4v) is 0.785. The minimum Gasteiger partial charge on any atom is -0.197 e. The van der Waals surface area contributed by atoms with Crippen molar-refractivity contribution in [3.63, 3.8) is 0 Å². The van der Waals surface area contributed by atoms with E-state index in [9.17, 15) is 0 Å². The molecule has 0 aliphatic carbocycles. The highest BCUT2D eigenvalue weighted by atomic mass is 35.5. The van der Waals surface area contributed by atoms with Gasteiger partial charge in [-0.1, -0.05) is 35.3 Å². The van der Waals surface area contributed by atoms with Crippen LogP contribution >= 0.6 is 11.5 Å². The lowest BCUT2D eigenvalue weighted by molar-refractivity contribution is 1.49. The van der Waals surface area contributed by atoms with Crippen LogP contribution in [-0.2, 0) is 0 Å². The summed E-state index contributed by atoms with van der Waals surface area (Å²) in [6.07, 6.45) is 0. The molecule has 0 bridgehead atoms. The number of benzene rings is 1. The number of halogens is 1. The third kappa shape index (κ3) is 1.76. The molecule has 0 N–H and O–H groups in total. The van der Waals surface area contributed by atoms with Crippen molar-refractivity contribution in [3.05, 3.63) is 29.8 Å². The van der Waals surface area contributed by atoms with Gasteiger partial charge in [0.25, 0.3) is 6.69 Å². The van der Waals surface area contributed by atoms with E-state index in [0.717, 1.165) is 5.46 Å². The zero-order chi connectivity index (χ0) is 6.69. The van der Waals surface area contributed by atoms with Crippen molar-refractivity contribution in [1.29, 1.82) is 0 Å². The summed E-state index contributed by atoms with van der Waals surface area (Å²) in [7, 11) is 0. The van der Waals surface area contributed by atoms with Gasteiger partial charge in [-0.05, 0) is 6.92 Å². The van der Waals surface area contributed by atoms with Crippen molar-refractivity contribution in [2.75, 3.05) is 0 Å². The summed E-state index contributed by atoms with van der Waals surface area (Å²) in [6, 6.07) is 8.05. The zero-order valence-electron chi connectivity index (χ0n) is 5.26. The van der Waals surface area contributed by atoms with Gasteiger partial charge in [0.05, 0.1) is 0 Å². The van der Waals surface area contributed by atoms with Gasteiger partial charge in [0.15, 0.2) is 0 Å². The first-order valence-corrected chi connectivity index (χ1v) is 3.26. The summed E-state index contributed by atoms with van der Waals surface area (Å²) < 4.78 is 0. The summed E-state index contributed by atoms with van der Waals surface area (Å²) in [6.45, 7) is 3.62. The highest BCUT2D eigenvalue weighted by molar-refractivity contribution is 7.01. The molecule has 0 fully saturated rings. The summed E-state index contributed by atoms with van der Waals surface area (Å²) in [5, 5.41) is 0. The first-order chi connectivity index (χ1) is 4.33. The third-order valence-electron chi connectivity index (χ3n) is 1.20. The molecule has 0 aromatic heterocycles. The fraction of sp³-hybridized carbons (Fsp3) is 0.143. The average Bonchev–Trinajstić information content (AvgIpc) is 1.90. The molecule has 2 heteroatoms. The van der Waals surface area contributed by atoms with Gasteiger partial charge in [0.2, 0.25) is 0 Å². The van der Waals surface area contributed by atoms with E-state index in [-0.39, 0.29) is 0 Å². The molecule has 0 spiro atoms. The second kappa shape index (κ2) is 2.93. The van der Waals surface area contributed by atoms with Crippen LogP contribution < -0.4 is 5.46 Å². The molecule has 0 aliphatic heterocycles. The van der Waals surface area contributed by atoms with Crippen molar-refractivity contribution in [1.82, 2.24) is 0 Å². The second-order valence-electron chi connectivity index (χ2n) is 2.02. The predicted octanol–water partition coefficient (Wildman–Crippen LogP) is 1.48. The van der Waals surface area contributed by atoms with Crippen LogP contribution in [0.15, 0.2) is 24.3 Å². The maximum absolute atomic E-state index is 5.45. The minimum atomic E-state index is 1.06. The van der Waals surface area contributed by atoms with Crippen molar-refractivity contribution in [3.8, 4) is 0 Å². The number of hydrogen-bond acceptors (Lipinski definition) is 0. The highest BCUT2D eigenvalue weighted by Crippen LogP contribution is 1.92. The van der Waals surface area contributed by atoms with Crippen LogP contribution in [0.3, 0.4) is 0 Å². The van der Waals surface area contributed by atoms with E-state index < -0.39 is 0 Å². The molecule has 1 rings (SSSR count). The number of rotatable bonds is 1. The Bertz CT molecular complexity index is 181. The quantitative estimate of drug-likeness (QED) is 0.514. The van der Waals surface area contributed by atoms with Crippen molar-refractivity contribution in [2.24, 2.45) is 0 Å². The molecular weight excluding hydrogens is 130 g/mol. The Morgan fingerprint density at radius 3 is 2.22 bits per heavy atom. The maximum Gasteiger partial charge on any atom is 0.275 e. The fourth-order valence-electron chi connectivity index (χ4n) is 0.639. The Morgan fingerprint density at radius 2 is 1.78 bits per heavy atom. The zero-order valence-corrected chi connectivity index (χ0v) is 6.02. The van der Waals surface area contributed by atoms with E-state index in [4.69, 9.17) is 11.5 Å². The van der Waals surface area contributed by atoms with Gasteiger partial charge >= 0.3 is 0 Å². The lowest BCUT2D eigenvalue weighted by Gasteiger charge is -1.92. The van der Waals surface area contributed by atoms with Gasteiger partial charge in [0.1, 0.15) is 0 Å². The monoisotopic (exact) mass is 137 g/mol. The van der Waals surface area contributed by atoms with Crippen molar-refractivity contribution < 1.29 is 0 Å². The number of hydrogen-bond donors (Lipinski definition) is 0. The highest BCUT2D eigenvalue weighted by Gasteiger charge is 1.88. The van der Waals surface area contributed by atoms with Gasteiger partial charge < -0.3 is 0 Å². The molecule has 1 radical (unpaired) electrons. The number of aryl methyl sites for hydroxylation is 1. The van der Waals surface area contributed by atoms with Crippen LogP contribution in [0.1, 0.15) is 5.56 Å². The van der Waals surface area contributed by atoms with E-state index in [1.165, 1.54) is 5.56 Å². The molecule has 0 aliphatic rings. The maximum atomic E-state index is 5.45. The molecule has 0 saturated heterocycles. The van der Waals surface area contributed by atoms with Gasteiger partial charge in [-0.3, -0.25) is 0 Å². The van der Waals surface area contributed by atoms with Crippen LogP contribution in [0.4, 0.5) is 0 Å². The molecule has 0 amide bonds. The van der Waals surface area contributed by atoms with Gasteiger partial charge in [0, 0.05) is 0 Å². The first-order valence-electron chi connectivity index (χ1n) is 2.83. The van der Waals surface area contributed by atoms with Crippen LogP contribution in [0.25, 0.3) is 0 Å². The van der Waals surface area contributed by atoms with E-state index in [0.29, 0.717) is 0 Å². The van der Waals surface area contributed by atoms with Crippen LogP contribution in [0.5, 0.6) is 0 Å². The topological polar surface area (TPSA) is 0 Å². The Balaban J connectivity index is 2.88. The van der Waals surface area contributed by atoms with Gasteiger partial charge in [-0.25, -0.2) is 0 Å². The Kier molecular flexibility index (Phi) is 2.18. The molecule has 1 aromatic rings. The van der Waals surface area contributed by atoms with E-state index in [1.807, 2.05) is 24.3 Å². The standard InChI is InChI=1S/C7H7BCl/c1-6-2-4-7(8-9)5-3-6/h2-5H,1H3. The molecular formula is C7H7BCl. The minimum absolute atomic E-state index is 1.06. The molecule has 45 valence electrons. The predicted molar refractivity (Wildman–Crippen MR) is 42.4 cm³/mol. The van der Waals surface area contributed by atoms with Crippen LogP contribution in [-0.4, -0.2) is 6.69 Å². The van der Waals surface area contributed by atoms with E-state index in [2.05, 4.69) is 6.92 Å². The molecule has 0 atom stereocenters. The van der Waals surface area contributed by atoms with E-state index >= 15 is 0 Å². The Morgan fingerprint density at radius 1 is 1.22 bits per heavy atom.